The molecule has 0 aliphatic carbocycles. The molecule has 1 aliphatic heterocycles. The van der Waals surface area contributed by atoms with Crippen molar-refractivity contribution in [1.82, 2.24) is 10.0 Å². The summed E-state index contributed by atoms with van der Waals surface area (Å²) in [5, 5.41) is 12.7. The molecule has 1 saturated heterocycles. The van der Waals surface area contributed by atoms with Crippen LogP contribution in [-0.4, -0.2) is 46.6 Å². The van der Waals surface area contributed by atoms with Crippen LogP contribution < -0.4 is 0 Å². The molecule has 1 aliphatic rings. The van der Waals surface area contributed by atoms with Crippen molar-refractivity contribution < 1.29 is 14.6 Å². The van der Waals surface area contributed by atoms with E-state index in [0.29, 0.717) is 19.6 Å². The normalized spacial score (nSPS) is 23.2. The van der Waals surface area contributed by atoms with Gasteiger partial charge in [-0.3, -0.25) is 0 Å². The number of nitrogens with zero attached hydrogens (tertiary/aromatic N) is 2. The Morgan fingerprint density at radius 1 is 1.64 bits per heavy atom. The van der Waals surface area contributed by atoms with Gasteiger partial charge in [0.15, 0.2) is 0 Å². The highest BCUT2D eigenvalue weighted by Crippen LogP contribution is 2.20. The zero-order valence-electron chi connectivity index (χ0n) is 8.93. The molecule has 0 aromatic heterocycles. The molecule has 14 heavy (non-hydrogen) atoms. The Kier molecular flexibility index (Phi) is 3.71. The topological polar surface area (TPSA) is 53.0 Å². The van der Waals surface area contributed by atoms with Crippen molar-refractivity contribution in [3.8, 4) is 0 Å². The molecule has 0 saturated carbocycles. The first-order valence-corrected chi connectivity index (χ1v) is 4.98. The van der Waals surface area contributed by atoms with Crippen LogP contribution >= 0.6 is 0 Å². The molecular weight excluding hydrogens is 184 g/mol. The molecule has 1 rings (SSSR count). The molecule has 1 atom stereocenters. The minimum absolute atomic E-state index is 0.191. The van der Waals surface area contributed by atoms with Crippen molar-refractivity contribution in [3.63, 3.8) is 0 Å². The molecule has 5 nitrogen and oxygen atoms in total. The predicted molar refractivity (Wildman–Crippen MR) is 51.3 cm³/mol. The van der Waals surface area contributed by atoms with Crippen LogP contribution in [0.5, 0.6) is 0 Å². The van der Waals surface area contributed by atoms with Gasteiger partial charge in [0.1, 0.15) is 6.23 Å². The van der Waals surface area contributed by atoms with Crippen LogP contribution in [0.1, 0.15) is 27.2 Å². The maximum Gasteiger partial charge on any atom is 0.426 e. The van der Waals surface area contributed by atoms with Crippen molar-refractivity contribution in [2.24, 2.45) is 0 Å². The summed E-state index contributed by atoms with van der Waals surface area (Å²) in [5.41, 5.74) is 0. The molecule has 82 valence electrons. The van der Waals surface area contributed by atoms with Crippen LogP contribution in [0.3, 0.4) is 0 Å². The average Bonchev–Trinajstić information content (AvgIpc) is 2.47. The summed E-state index contributed by atoms with van der Waals surface area (Å²) in [5.74, 6) is 0. The lowest BCUT2D eigenvalue weighted by atomic mass is 10.3. The number of hydrogen-bond donors (Lipinski definition) is 1. The van der Waals surface area contributed by atoms with Gasteiger partial charge in [0, 0.05) is 19.0 Å². The molecule has 0 aromatic rings. The highest BCUT2D eigenvalue weighted by molar-refractivity contribution is 5.67. The molecule has 5 heteroatoms. The van der Waals surface area contributed by atoms with Crippen LogP contribution in [0.2, 0.25) is 0 Å². The fraction of sp³-hybridized carbons (Fsp3) is 0.889. The lowest BCUT2D eigenvalue weighted by Gasteiger charge is -2.31. The van der Waals surface area contributed by atoms with Crippen LogP contribution in [0.15, 0.2) is 0 Å². The fourth-order valence-electron chi connectivity index (χ4n) is 1.57. The van der Waals surface area contributed by atoms with Crippen LogP contribution in [-0.2, 0) is 4.74 Å². The SMILES string of the molecule is CCOC(=O)N1C(O)CCN1C(C)C. The number of aliphatic hydroxyl groups excluding tert-OH is 1. The minimum Gasteiger partial charge on any atom is -0.449 e. The van der Waals surface area contributed by atoms with E-state index in [0.717, 1.165) is 0 Å². The molecule has 1 fully saturated rings. The predicted octanol–water partition coefficient (Wildman–Crippen LogP) is 0.792. The van der Waals surface area contributed by atoms with Gasteiger partial charge in [-0.15, -0.1) is 0 Å². The molecule has 0 spiro atoms. The Hall–Kier alpha value is -0.810. The zero-order chi connectivity index (χ0) is 10.7. The van der Waals surface area contributed by atoms with Crippen LogP contribution in [0.25, 0.3) is 0 Å². The van der Waals surface area contributed by atoms with Crippen molar-refractivity contribution >= 4 is 6.09 Å². The summed E-state index contributed by atoms with van der Waals surface area (Å²) < 4.78 is 4.86. The van der Waals surface area contributed by atoms with E-state index < -0.39 is 12.3 Å². The smallest absolute Gasteiger partial charge is 0.426 e. The van der Waals surface area contributed by atoms with Gasteiger partial charge in [-0.1, -0.05) is 0 Å². The first-order valence-electron chi connectivity index (χ1n) is 4.98. The van der Waals surface area contributed by atoms with E-state index in [4.69, 9.17) is 4.74 Å². The van der Waals surface area contributed by atoms with E-state index in [1.807, 2.05) is 18.9 Å². The number of carbonyl (C=O) groups excluding carboxylic acids is 1. The van der Waals surface area contributed by atoms with Crippen LogP contribution in [0.4, 0.5) is 4.79 Å². The standard InChI is InChI=1S/C9H18N2O3/c1-4-14-9(13)11-8(12)5-6-10(11)7(2)3/h7-8,12H,4-6H2,1-3H3. The Bertz CT molecular complexity index is 208. The van der Waals surface area contributed by atoms with Gasteiger partial charge in [0.2, 0.25) is 0 Å². The molecular formula is C9H18N2O3. The molecule has 0 radical (unpaired) electrons. The maximum absolute atomic E-state index is 11.5. The summed E-state index contributed by atoms with van der Waals surface area (Å²) in [6.45, 7) is 6.72. The second-order valence-corrected chi connectivity index (χ2v) is 3.57. The van der Waals surface area contributed by atoms with Crippen molar-refractivity contribution in [3.05, 3.63) is 0 Å². The van der Waals surface area contributed by atoms with E-state index in [1.54, 1.807) is 6.92 Å². The van der Waals surface area contributed by atoms with E-state index in [1.165, 1.54) is 5.01 Å². The Morgan fingerprint density at radius 3 is 2.79 bits per heavy atom. The largest absolute Gasteiger partial charge is 0.449 e. The first-order chi connectivity index (χ1) is 6.57. The summed E-state index contributed by atoms with van der Waals surface area (Å²) >= 11 is 0. The highest BCUT2D eigenvalue weighted by Gasteiger charge is 2.36. The lowest BCUT2D eigenvalue weighted by Crippen LogP contribution is -2.48. The number of hydrogen-bond acceptors (Lipinski definition) is 4. The third kappa shape index (κ3) is 2.16. The molecule has 1 amide bonds. The monoisotopic (exact) mass is 202 g/mol. The third-order valence-electron chi connectivity index (χ3n) is 2.23. The van der Waals surface area contributed by atoms with Gasteiger partial charge >= 0.3 is 6.09 Å². The van der Waals surface area contributed by atoms with Crippen molar-refractivity contribution in [2.75, 3.05) is 13.2 Å². The third-order valence-corrected chi connectivity index (χ3v) is 2.23. The molecule has 1 unspecified atom stereocenters. The van der Waals surface area contributed by atoms with Gasteiger partial charge in [-0.2, -0.15) is 0 Å². The molecule has 0 aromatic carbocycles. The van der Waals surface area contributed by atoms with E-state index in [2.05, 4.69) is 0 Å². The number of ether oxygens (including phenoxy) is 1. The lowest BCUT2D eigenvalue weighted by molar-refractivity contribution is -0.0818. The Balaban J connectivity index is 2.66. The Morgan fingerprint density at radius 2 is 2.29 bits per heavy atom. The maximum atomic E-state index is 11.5. The van der Waals surface area contributed by atoms with Crippen molar-refractivity contribution in [1.29, 1.82) is 0 Å². The van der Waals surface area contributed by atoms with E-state index in [-0.39, 0.29) is 6.04 Å². The second kappa shape index (κ2) is 4.61. The number of amides is 1. The van der Waals surface area contributed by atoms with Crippen molar-refractivity contribution in [2.45, 2.75) is 39.5 Å². The quantitative estimate of drug-likeness (QED) is 0.719. The molecule has 0 bridgehead atoms. The number of aliphatic hydroxyl groups is 1. The van der Waals surface area contributed by atoms with Gasteiger partial charge in [-0.05, 0) is 20.8 Å². The fourth-order valence-corrected chi connectivity index (χ4v) is 1.57. The summed E-state index contributed by atoms with van der Waals surface area (Å²) in [7, 11) is 0. The van der Waals surface area contributed by atoms with Gasteiger partial charge in [0.05, 0.1) is 6.61 Å². The van der Waals surface area contributed by atoms with E-state index in [9.17, 15) is 9.90 Å². The zero-order valence-corrected chi connectivity index (χ0v) is 8.93. The van der Waals surface area contributed by atoms with Gasteiger partial charge in [0.25, 0.3) is 0 Å². The summed E-state index contributed by atoms with van der Waals surface area (Å²) in [6.07, 6.45) is -0.626. The summed E-state index contributed by atoms with van der Waals surface area (Å²) in [6, 6.07) is 0.191. The molecule has 1 heterocycles. The highest BCUT2D eigenvalue weighted by atomic mass is 16.6. The minimum atomic E-state index is -0.739. The van der Waals surface area contributed by atoms with E-state index >= 15 is 0 Å². The van der Waals surface area contributed by atoms with Crippen LogP contribution in [0, 0.1) is 0 Å². The first kappa shape index (κ1) is 11.3. The number of carbonyl (C=O) groups is 1. The molecule has 1 N–H and O–H groups in total. The van der Waals surface area contributed by atoms with Gasteiger partial charge < -0.3 is 9.84 Å². The Labute approximate surface area is 84.2 Å². The number of rotatable bonds is 2. The second-order valence-electron chi connectivity index (χ2n) is 3.57. The van der Waals surface area contributed by atoms with Gasteiger partial charge in [-0.25, -0.2) is 14.8 Å². The average molecular weight is 202 g/mol. The summed E-state index contributed by atoms with van der Waals surface area (Å²) in [4.78, 5) is 11.5. The number of hydrazine groups is 1.